The van der Waals surface area contributed by atoms with E-state index in [0.717, 1.165) is 43.5 Å². The quantitative estimate of drug-likeness (QED) is 0.868. The van der Waals surface area contributed by atoms with Gasteiger partial charge in [0, 0.05) is 19.1 Å². The molecule has 0 spiro atoms. The summed E-state index contributed by atoms with van der Waals surface area (Å²) in [5, 5.41) is 13.2. The van der Waals surface area contributed by atoms with Gasteiger partial charge in [-0.3, -0.25) is 4.90 Å². The van der Waals surface area contributed by atoms with Crippen LogP contribution in [0.4, 0.5) is 4.79 Å². The minimum absolute atomic E-state index is 0.0306. The molecule has 1 aromatic carbocycles. The second-order valence-electron chi connectivity index (χ2n) is 7.72. The lowest BCUT2D eigenvalue weighted by atomic mass is 10.1. The Labute approximate surface area is 150 Å². The van der Waals surface area contributed by atoms with Crippen LogP contribution in [-0.4, -0.2) is 53.2 Å². The Balaban J connectivity index is 1.41. The standard InChI is InChI=1S/C20H29N3O2/c24-19-8-5-7-16-17(19)9-10-18(16)21-20(25)23-13-2-1-6-15(14-23)22-11-3-4-12-22/h5,7-8,15,18,24H,1-4,6,9-14H2,(H,21,25). The Hall–Kier alpha value is -1.75. The number of amides is 2. The van der Waals surface area contributed by atoms with Crippen molar-refractivity contribution in [1.29, 1.82) is 0 Å². The van der Waals surface area contributed by atoms with Crippen molar-refractivity contribution in [1.82, 2.24) is 15.1 Å². The van der Waals surface area contributed by atoms with Crippen LogP contribution in [0, 0.1) is 0 Å². The molecule has 2 aliphatic heterocycles. The van der Waals surface area contributed by atoms with Gasteiger partial charge in [0.2, 0.25) is 0 Å². The monoisotopic (exact) mass is 343 g/mol. The third-order valence-corrected chi connectivity index (χ3v) is 6.13. The second-order valence-corrected chi connectivity index (χ2v) is 7.72. The third kappa shape index (κ3) is 3.47. The Kier molecular flexibility index (Phi) is 4.84. The highest BCUT2D eigenvalue weighted by Gasteiger charge is 2.31. The highest BCUT2D eigenvalue weighted by atomic mass is 16.3. The van der Waals surface area contributed by atoms with E-state index in [1.807, 2.05) is 17.0 Å². The number of hydrogen-bond acceptors (Lipinski definition) is 3. The van der Waals surface area contributed by atoms with E-state index in [4.69, 9.17) is 0 Å². The molecule has 0 aromatic heterocycles. The number of phenols is 1. The predicted molar refractivity (Wildman–Crippen MR) is 97.7 cm³/mol. The van der Waals surface area contributed by atoms with Crippen LogP contribution in [0.5, 0.6) is 5.75 Å². The summed E-state index contributed by atoms with van der Waals surface area (Å²) in [5.41, 5.74) is 2.08. The molecule has 2 fully saturated rings. The predicted octanol–water partition coefficient (Wildman–Crippen LogP) is 3.04. The number of rotatable bonds is 2. The molecule has 25 heavy (non-hydrogen) atoms. The molecule has 5 heteroatoms. The zero-order valence-corrected chi connectivity index (χ0v) is 14.9. The Morgan fingerprint density at radius 3 is 2.72 bits per heavy atom. The summed E-state index contributed by atoms with van der Waals surface area (Å²) >= 11 is 0. The summed E-state index contributed by atoms with van der Waals surface area (Å²) < 4.78 is 0. The molecule has 2 saturated heterocycles. The van der Waals surface area contributed by atoms with Crippen LogP contribution in [0.2, 0.25) is 0 Å². The van der Waals surface area contributed by atoms with Crippen molar-refractivity contribution in [2.45, 2.75) is 57.0 Å². The van der Waals surface area contributed by atoms with Crippen molar-refractivity contribution in [2.24, 2.45) is 0 Å². The molecule has 2 unspecified atom stereocenters. The molecule has 0 radical (unpaired) electrons. The van der Waals surface area contributed by atoms with Gasteiger partial charge in [-0.15, -0.1) is 0 Å². The smallest absolute Gasteiger partial charge is 0.317 e. The molecular formula is C20H29N3O2. The van der Waals surface area contributed by atoms with Gasteiger partial charge in [0.25, 0.3) is 0 Å². The Bertz CT molecular complexity index is 627. The van der Waals surface area contributed by atoms with Crippen LogP contribution in [0.3, 0.4) is 0 Å². The van der Waals surface area contributed by atoms with Gasteiger partial charge in [0.05, 0.1) is 6.04 Å². The Morgan fingerprint density at radius 2 is 1.88 bits per heavy atom. The van der Waals surface area contributed by atoms with Gasteiger partial charge >= 0.3 is 6.03 Å². The number of carbonyl (C=O) groups excluding carboxylic acids is 1. The molecule has 3 aliphatic rings. The number of fused-ring (bicyclic) bond motifs is 1. The number of urea groups is 1. The summed E-state index contributed by atoms with van der Waals surface area (Å²) in [6.07, 6.45) is 7.83. The minimum atomic E-state index is 0.0306. The maximum absolute atomic E-state index is 12.9. The number of aromatic hydroxyl groups is 1. The van der Waals surface area contributed by atoms with Gasteiger partial charge in [0.15, 0.2) is 0 Å². The van der Waals surface area contributed by atoms with E-state index in [0.29, 0.717) is 11.8 Å². The largest absolute Gasteiger partial charge is 0.508 e. The number of benzene rings is 1. The third-order valence-electron chi connectivity index (χ3n) is 6.13. The number of nitrogens with one attached hydrogen (secondary N) is 1. The van der Waals surface area contributed by atoms with E-state index < -0.39 is 0 Å². The Morgan fingerprint density at radius 1 is 1.08 bits per heavy atom. The first kappa shape index (κ1) is 16.7. The molecule has 136 valence electrons. The summed E-state index contributed by atoms with van der Waals surface area (Å²) in [4.78, 5) is 17.5. The fraction of sp³-hybridized carbons (Fsp3) is 0.650. The van der Waals surface area contributed by atoms with Crippen LogP contribution >= 0.6 is 0 Å². The van der Waals surface area contributed by atoms with E-state index in [1.54, 1.807) is 6.07 Å². The molecule has 0 bridgehead atoms. The van der Waals surface area contributed by atoms with Gasteiger partial charge in [-0.1, -0.05) is 18.6 Å². The number of phenolic OH excluding ortho intramolecular Hbond substituents is 1. The highest BCUT2D eigenvalue weighted by molar-refractivity contribution is 5.75. The molecular weight excluding hydrogens is 314 g/mol. The van der Waals surface area contributed by atoms with Crippen LogP contribution < -0.4 is 5.32 Å². The average Bonchev–Trinajstić information content (AvgIpc) is 3.21. The molecule has 2 heterocycles. The summed E-state index contributed by atoms with van der Waals surface area (Å²) in [6, 6.07) is 6.25. The molecule has 0 saturated carbocycles. The van der Waals surface area contributed by atoms with Crippen molar-refractivity contribution in [2.75, 3.05) is 26.2 Å². The lowest BCUT2D eigenvalue weighted by Gasteiger charge is -2.31. The zero-order chi connectivity index (χ0) is 17.2. The first-order chi connectivity index (χ1) is 12.2. The summed E-state index contributed by atoms with van der Waals surface area (Å²) in [5.74, 6) is 0.359. The van der Waals surface area contributed by atoms with Gasteiger partial charge in [-0.25, -0.2) is 4.79 Å². The van der Waals surface area contributed by atoms with E-state index in [1.165, 1.54) is 38.8 Å². The molecule has 5 nitrogen and oxygen atoms in total. The van der Waals surface area contributed by atoms with Crippen molar-refractivity contribution in [3.05, 3.63) is 29.3 Å². The van der Waals surface area contributed by atoms with Crippen LogP contribution in [0.25, 0.3) is 0 Å². The molecule has 2 amide bonds. The first-order valence-electron chi connectivity index (χ1n) is 9.82. The van der Waals surface area contributed by atoms with Gasteiger partial charge in [0.1, 0.15) is 5.75 Å². The highest BCUT2D eigenvalue weighted by Crippen LogP contribution is 2.36. The van der Waals surface area contributed by atoms with Gasteiger partial charge < -0.3 is 15.3 Å². The maximum atomic E-state index is 12.9. The van der Waals surface area contributed by atoms with Crippen LogP contribution in [0.1, 0.15) is 55.7 Å². The number of hydrogen-bond donors (Lipinski definition) is 2. The van der Waals surface area contributed by atoms with E-state index in [9.17, 15) is 9.90 Å². The van der Waals surface area contributed by atoms with E-state index in [-0.39, 0.29) is 12.1 Å². The SMILES string of the molecule is O=C(NC1CCc2c(O)cccc21)N1CCCCC(N2CCCC2)C1. The fourth-order valence-corrected chi connectivity index (χ4v) is 4.73. The number of carbonyl (C=O) groups is 1. The van der Waals surface area contributed by atoms with Crippen LogP contribution in [-0.2, 0) is 6.42 Å². The summed E-state index contributed by atoms with van der Waals surface area (Å²) in [7, 11) is 0. The summed E-state index contributed by atoms with van der Waals surface area (Å²) in [6.45, 7) is 4.09. The normalized spacial score (nSPS) is 27.1. The molecule has 2 N–H and O–H groups in total. The minimum Gasteiger partial charge on any atom is -0.508 e. The van der Waals surface area contributed by atoms with Gasteiger partial charge in [-0.2, -0.15) is 0 Å². The van der Waals surface area contributed by atoms with Crippen molar-refractivity contribution in [3.63, 3.8) is 0 Å². The molecule has 1 aromatic rings. The first-order valence-corrected chi connectivity index (χ1v) is 9.82. The lowest BCUT2D eigenvalue weighted by molar-refractivity contribution is 0.163. The van der Waals surface area contributed by atoms with Gasteiger partial charge in [-0.05, 0) is 68.8 Å². The van der Waals surface area contributed by atoms with Crippen LogP contribution in [0.15, 0.2) is 18.2 Å². The molecule has 1 aliphatic carbocycles. The number of nitrogens with zero attached hydrogens (tertiary/aromatic N) is 2. The average molecular weight is 343 g/mol. The molecule has 4 rings (SSSR count). The van der Waals surface area contributed by atoms with E-state index in [2.05, 4.69) is 10.2 Å². The zero-order valence-electron chi connectivity index (χ0n) is 14.9. The maximum Gasteiger partial charge on any atom is 0.317 e. The fourth-order valence-electron chi connectivity index (χ4n) is 4.73. The second kappa shape index (κ2) is 7.24. The molecule has 2 atom stereocenters. The number of likely N-dealkylation sites (tertiary alicyclic amines) is 2. The van der Waals surface area contributed by atoms with Crippen molar-refractivity contribution in [3.8, 4) is 5.75 Å². The van der Waals surface area contributed by atoms with Crippen molar-refractivity contribution >= 4 is 6.03 Å². The van der Waals surface area contributed by atoms with Crippen molar-refractivity contribution < 1.29 is 9.90 Å². The topological polar surface area (TPSA) is 55.8 Å². The van der Waals surface area contributed by atoms with E-state index >= 15 is 0 Å². The lowest BCUT2D eigenvalue weighted by Crippen LogP contribution is -2.47.